The molecule has 0 radical (unpaired) electrons. The number of benzene rings is 1. The van der Waals surface area contributed by atoms with Crippen molar-refractivity contribution in [2.75, 3.05) is 32.8 Å². The van der Waals surface area contributed by atoms with Crippen LogP contribution in [0.1, 0.15) is 28.4 Å². The molecule has 0 saturated carbocycles. The van der Waals surface area contributed by atoms with Crippen LogP contribution in [0.2, 0.25) is 0 Å². The summed E-state index contributed by atoms with van der Waals surface area (Å²) in [5, 5.41) is 8.11. The lowest BCUT2D eigenvalue weighted by atomic mass is 10.00. The summed E-state index contributed by atoms with van der Waals surface area (Å²) in [4.78, 5) is 2.49. The molecular formula is C19H28N4O. The Balaban J connectivity index is 1.73. The van der Waals surface area contributed by atoms with Crippen molar-refractivity contribution in [1.29, 1.82) is 0 Å². The number of rotatable bonds is 6. The molecule has 1 aliphatic heterocycles. The van der Waals surface area contributed by atoms with E-state index in [4.69, 9.17) is 4.74 Å². The molecule has 0 bridgehead atoms. The molecule has 1 fully saturated rings. The molecule has 0 unspecified atom stereocenters. The van der Waals surface area contributed by atoms with Crippen molar-refractivity contribution >= 4 is 0 Å². The van der Waals surface area contributed by atoms with Crippen molar-refractivity contribution in [2.45, 2.75) is 26.4 Å². The molecule has 1 atom stereocenters. The summed E-state index contributed by atoms with van der Waals surface area (Å²) in [7, 11) is 1.99. The average molecular weight is 328 g/mol. The minimum atomic E-state index is 0.309. The van der Waals surface area contributed by atoms with Gasteiger partial charge in [0.15, 0.2) is 0 Å². The Labute approximate surface area is 144 Å². The smallest absolute Gasteiger partial charge is 0.0594 e. The summed E-state index contributed by atoms with van der Waals surface area (Å²) in [6.07, 6.45) is 1.96. The van der Waals surface area contributed by atoms with Crippen LogP contribution in [-0.4, -0.2) is 47.5 Å². The fraction of sp³-hybridized carbons (Fsp3) is 0.526. The van der Waals surface area contributed by atoms with Gasteiger partial charge in [0.05, 0.1) is 19.4 Å². The predicted molar refractivity (Wildman–Crippen MR) is 96.0 cm³/mol. The van der Waals surface area contributed by atoms with Crippen LogP contribution in [0.15, 0.2) is 30.5 Å². The van der Waals surface area contributed by atoms with Crippen molar-refractivity contribution in [2.24, 2.45) is 7.05 Å². The number of nitrogens with one attached hydrogen (secondary N) is 1. The van der Waals surface area contributed by atoms with Crippen molar-refractivity contribution < 1.29 is 4.74 Å². The molecule has 0 aliphatic carbocycles. The van der Waals surface area contributed by atoms with Gasteiger partial charge in [-0.1, -0.05) is 24.3 Å². The van der Waals surface area contributed by atoms with Crippen molar-refractivity contribution in [3.63, 3.8) is 0 Å². The standard InChI is InChI=1S/C19H28N4O/c1-15-6-4-5-7-18(15)19(14-23-8-10-24-11-9-23)20-12-17-13-21-22(3)16(17)2/h4-7,13,19-20H,8-12,14H2,1-3H3/t19-/m0/s1. The predicted octanol–water partition coefficient (Wildman–Crippen LogP) is 2.20. The van der Waals surface area contributed by atoms with Crippen LogP contribution in [0.4, 0.5) is 0 Å². The highest BCUT2D eigenvalue weighted by atomic mass is 16.5. The second-order valence-electron chi connectivity index (χ2n) is 6.58. The van der Waals surface area contributed by atoms with Gasteiger partial charge in [-0.25, -0.2) is 0 Å². The highest BCUT2D eigenvalue weighted by Crippen LogP contribution is 2.20. The maximum Gasteiger partial charge on any atom is 0.0594 e. The van der Waals surface area contributed by atoms with E-state index in [9.17, 15) is 0 Å². The van der Waals surface area contributed by atoms with Crippen molar-refractivity contribution in [3.8, 4) is 0 Å². The lowest BCUT2D eigenvalue weighted by Crippen LogP contribution is -2.42. The first-order valence-corrected chi connectivity index (χ1v) is 8.71. The summed E-state index contributed by atoms with van der Waals surface area (Å²) < 4.78 is 7.42. The monoisotopic (exact) mass is 328 g/mol. The van der Waals surface area contributed by atoms with Gasteiger partial charge in [-0.2, -0.15) is 5.10 Å². The summed E-state index contributed by atoms with van der Waals surface area (Å²) in [6.45, 7) is 9.85. The third kappa shape index (κ3) is 4.04. The van der Waals surface area contributed by atoms with Gasteiger partial charge in [-0.3, -0.25) is 9.58 Å². The molecule has 1 N–H and O–H groups in total. The maximum absolute atomic E-state index is 5.49. The molecule has 130 valence electrons. The van der Waals surface area contributed by atoms with Crippen LogP contribution >= 0.6 is 0 Å². The number of hydrogen-bond donors (Lipinski definition) is 1. The summed E-state index contributed by atoms with van der Waals surface area (Å²) >= 11 is 0. The van der Waals surface area contributed by atoms with Gasteiger partial charge < -0.3 is 10.1 Å². The van der Waals surface area contributed by atoms with Gasteiger partial charge in [0, 0.05) is 50.5 Å². The van der Waals surface area contributed by atoms with Crippen molar-refractivity contribution in [3.05, 3.63) is 52.8 Å². The lowest BCUT2D eigenvalue weighted by Gasteiger charge is -2.31. The van der Waals surface area contributed by atoms with E-state index in [2.05, 4.69) is 53.4 Å². The van der Waals surface area contributed by atoms with Gasteiger partial charge in [-0.15, -0.1) is 0 Å². The van der Waals surface area contributed by atoms with E-state index < -0.39 is 0 Å². The minimum absolute atomic E-state index is 0.309. The fourth-order valence-electron chi connectivity index (χ4n) is 3.24. The van der Waals surface area contributed by atoms with Crippen LogP contribution < -0.4 is 5.32 Å². The zero-order valence-electron chi connectivity index (χ0n) is 15.0. The molecule has 2 aromatic rings. The van der Waals surface area contributed by atoms with Crippen LogP contribution in [0, 0.1) is 13.8 Å². The maximum atomic E-state index is 5.49. The number of ether oxygens (including phenoxy) is 1. The van der Waals surface area contributed by atoms with Crippen LogP contribution in [-0.2, 0) is 18.3 Å². The first-order chi connectivity index (χ1) is 11.6. The van der Waals surface area contributed by atoms with Gasteiger partial charge in [-0.05, 0) is 25.0 Å². The summed E-state index contributed by atoms with van der Waals surface area (Å²) in [6, 6.07) is 8.98. The molecule has 0 spiro atoms. The van der Waals surface area contributed by atoms with E-state index in [1.54, 1.807) is 0 Å². The third-order valence-corrected chi connectivity index (χ3v) is 4.98. The number of hydrogen-bond acceptors (Lipinski definition) is 4. The number of aryl methyl sites for hydroxylation is 2. The number of morpholine rings is 1. The van der Waals surface area contributed by atoms with Crippen LogP contribution in [0.25, 0.3) is 0 Å². The van der Waals surface area contributed by atoms with E-state index in [0.29, 0.717) is 6.04 Å². The van der Waals surface area contributed by atoms with Gasteiger partial charge >= 0.3 is 0 Å². The number of aromatic nitrogens is 2. The molecule has 5 nitrogen and oxygen atoms in total. The normalized spacial score (nSPS) is 17.1. The molecule has 5 heteroatoms. The zero-order valence-corrected chi connectivity index (χ0v) is 15.0. The lowest BCUT2D eigenvalue weighted by molar-refractivity contribution is 0.0333. The Kier molecular flexibility index (Phi) is 5.66. The fourth-order valence-corrected chi connectivity index (χ4v) is 3.24. The largest absolute Gasteiger partial charge is 0.379 e. The first-order valence-electron chi connectivity index (χ1n) is 8.71. The molecule has 1 aromatic heterocycles. The van der Waals surface area contributed by atoms with Crippen LogP contribution in [0.3, 0.4) is 0 Å². The molecule has 1 aliphatic rings. The molecule has 3 rings (SSSR count). The topological polar surface area (TPSA) is 42.3 Å². The van der Waals surface area contributed by atoms with Gasteiger partial charge in [0.2, 0.25) is 0 Å². The Hall–Kier alpha value is -1.69. The average Bonchev–Trinajstić information content (AvgIpc) is 2.92. The molecule has 1 saturated heterocycles. The second-order valence-corrected chi connectivity index (χ2v) is 6.58. The highest BCUT2D eigenvalue weighted by Gasteiger charge is 2.19. The quantitative estimate of drug-likeness (QED) is 0.883. The van der Waals surface area contributed by atoms with Gasteiger partial charge in [0.1, 0.15) is 0 Å². The Morgan fingerprint density at radius 2 is 1.96 bits per heavy atom. The summed E-state index contributed by atoms with van der Waals surface area (Å²) in [5.74, 6) is 0. The van der Waals surface area contributed by atoms with E-state index in [-0.39, 0.29) is 0 Å². The van der Waals surface area contributed by atoms with E-state index in [0.717, 1.165) is 39.4 Å². The van der Waals surface area contributed by atoms with E-state index >= 15 is 0 Å². The molecule has 2 heterocycles. The molecule has 24 heavy (non-hydrogen) atoms. The SMILES string of the molecule is Cc1ccccc1[C@H](CN1CCOCC1)NCc1cnn(C)c1C. The molecular weight excluding hydrogens is 300 g/mol. The van der Waals surface area contributed by atoms with E-state index in [1.165, 1.54) is 22.4 Å². The molecule has 1 aromatic carbocycles. The van der Waals surface area contributed by atoms with Gasteiger partial charge in [0.25, 0.3) is 0 Å². The Bertz CT molecular complexity index is 661. The Morgan fingerprint density at radius 3 is 2.62 bits per heavy atom. The first kappa shape index (κ1) is 17.1. The van der Waals surface area contributed by atoms with Crippen LogP contribution in [0.5, 0.6) is 0 Å². The zero-order chi connectivity index (χ0) is 16.9. The third-order valence-electron chi connectivity index (χ3n) is 4.98. The Morgan fingerprint density at radius 1 is 1.21 bits per heavy atom. The number of nitrogens with zero attached hydrogens (tertiary/aromatic N) is 3. The highest BCUT2D eigenvalue weighted by molar-refractivity contribution is 5.29. The molecule has 0 amide bonds. The second kappa shape index (κ2) is 7.92. The summed E-state index contributed by atoms with van der Waals surface area (Å²) in [5.41, 5.74) is 5.20. The van der Waals surface area contributed by atoms with E-state index in [1.807, 2.05) is 17.9 Å². The minimum Gasteiger partial charge on any atom is -0.379 e. The van der Waals surface area contributed by atoms with Crippen molar-refractivity contribution in [1.82, 2.24) is 20.0 Å².